The van der Waals surface area contributed by atoms with Crippen LogP contribution in [0.1, 0.15) is 43.4 Å². The van der Waals surface area contributed by atoms with Crippen molar-refractivity contribution in [3.63, 3.8) is 0 Å². The van der Waals surface area contributed by atoms with Gasteiger partial charge in [0.15, 0.2) is 0 Å². The van der Waals surface area contributed by atoms with E-state index in [9.17, 15) is 0 Å². The van der Waals surface area contributed by atoms with Crippen molar-refractivity contribution >= 4 is 0 Å². The van der Waals surface area contributed by atoms with Crippen LogP contribution in [0.3, 0.4) is 0 Å². The Labute approximate surface area is 128 Å². The molecule has 1 nitrogen and oxygen atoms in total. The maximum atomic E-state index is 3.57. The number of rotatable bonds is 5. The van der Waals surface area contributed by atoms with Gasteiger partial charge in [0, 0.05) is 6.54 Å². The van der Waals surface area contributed by atoms with Crippen LogP contribution in [0.25, 0.3) is 11.1 Å². The molecule has 0 saturated carbocycles. The highest BCUT2D eigenvalue weighted by Crippen LogP contribution is 2.37. The Morgan fingerprint density at radius 2 is 1.67 bits per heavy atom. The van der Waals surface area contributed by atoms with Crippen molar-refractivity contribution in [1.82, 2.24) is 5.32 Å². The number of hydrogen-bond acceptors (Lipinski definition) is 1. The molecule has 0 bridgehead atoms. The van der Waals surface area contributed by atoms with E-state index in [-0.39, 0.29) is 0 Å². The quantitative estimate of drug-likeness (QED) is 0.719. The molecule has 0 aromatic heterocycles. The van der Waals surface area contributed by atoms with E-state index in [2.05, 4.69) is 68.6 Å². The Morgan fingerprint density at radius 3 is 2.48 bits per heavy atom. The zero-order valence-corrected chi connectivity index (χ0v) is 13.3. The molecule has 0 aliphatic heterocycles. The van der Waals surface area contributed by atoms with Gasteiger partial charge >= 0.3 is 0 Å². The second kappa shape index (κ2) is 6.03. The van der Waals surface area contributed by atoms with Crippen LogP contribution >= 0.6 is 0 Å². The topological polar surface area (TPSA) is 12.0 Å². The van der Waals surface area contributed by atoms with Crippen LogP contribution in [0, 0.1) is 5.92 Å². The summed E-state index contributed by atoms with van der Waals surface area (Å²) < 4.78 is 0. The molecule has 3 rings (SSSR count). The summed E-state index contributed by atoms with van der Waals surface area (Å²) in [5.74, 6) is 1.28. The van der Waals surface area contributed by atoms with Crippen molar-refractivity contribution in [1.29, 1.82) is 0 Å². The van der Waals surface area contributed by atoms with Crippen molar-refractivity contribution in [3.8, 4) is 11.1 Å². The zero-order chi connectivity index (χ0) is 14.8. The third-order valence-corrected chi connectivity index (χ3v) is 4.39. The van der Waals surface area contributed by atoms with E-state index in [1.165, 1.54) is 27.8 Å². The molecule has 0 amide bonds. The normalized spacial score (nSPS) is 14.1. The number of fused-ring (bicyclic) bond motifs is 3. The zero-order valence-electron chi connectivity index (χ0n) is 13.3. The Hall–Kier alpha value is -1.60. The van der Waals surface area contributed by atoms with Gasteiger partial charge in [-0.05, 0) is 52.6 Å². The highest BCUT2D eigenvalue weighted by atomic mass is 14.9. The summed E-state index contributed by atoms with van der Waals surface area (Å²) in [6, 6.07) is 15.8. The first-order chi connectivity index (χ1) is 10.1. The molecule has 0 heterocycles. The Bertz CT molecular complexity index is 627. The fourth-order valence-electron chi connectivity index (χ4n) is 3.18. The fourth-order valence-corrected chi connectivity index (χ4v) is 3.18. The summed E-state index contributed by atoms with van der Waals surface area (Å²) in [7, 11) is 0. The third-order valence-electron chi connectivity index (χ3n) is 4.39. The lowest BCUT2D eigenvalue weighted by Crippen LogP contribution is -2.24. The average molecular weight is 279 g/mol. The Morgan fingerprint density at radius 1 is 0.905 bits per heavy atom. The number of benzene rings is 2. The molecule has 1 heteroatoms. The molecule has 1 aliphatic carbocycles. The van der Waals surface area contributed by atoms with Crippen molar-refractivity contribution in [2.75, 3.05) is 13.1 Å². The van der Waals surface area contributed by atoms with E-state index in [4.69, 9.17) is 0 Å². The minimum absolute atomic E-state index is 0.567. The molecule has 0 saturated heterocycles. The van der Waals surface area contributed by atoms with Gasteiger partial charge in [0.1, 0.15) is 0 Å². The van der Waals surface area contributed by atoms with Gasteiger partial charge in [-0.3, -0.25) is 0 Å². The molecule has 21 heavy (non-hydrogen) atoms. The maximum Gasteiger partial charge on any atom is 0.00176 e. The van der Waals surface area contributed by atoms with Crippen LogP contribution in [0.4, 0.5) is 0 Å². The molecular formula is C20H25N. The lowest BCUT2D eigenvalue weighted by Gasteiger charge is -2.15. The van der Waals surface area contributed by atoms with Gasteiger partial charge in [-0.25, -0.2) is 0 Å². The highest BCUT2D eigenvalue weighted by Gasteiger charge is 2.18. The van der Waals surface area contributed by atoms with Crippen LogP contribution in [0.2, 0.25) is 0 Å². The largest absolute Gasteiger partial charge is 0.316 e. The molecule has 1 unspecified atom stereocenters. The SMILES string of the molecule is CC(C)CNCC(C)c1ccc2c(c1)Cc1ccccc1-2. The molecule has 0 radical (unpaired) electrons. The minimum atomic E-state index is 0.567. The Kier molecular flexibility index (Phi) is 4.12. The first-order valence-corrected chi connectivity index (χ1v) is 8.07. The predicted octanol–water partition coefficient (Wildman–Crippen LogP) is 4.61. The summed E-state index contributed by atoms with van der Waals surface area (Å²) in [4.78, 5) is 0. The van der Waals surface area contributed by atoms with Crippen LogP contribution in [0.15, 0.2) is 42.5 Å². The summed E-state index contributed by atoms with van der Waals surface area (Å²) in [5.41, 5.74) is 7.26. The molecule has 1 N–H and O–H groups in total. The summed E-state index contributed by atoms with van der Waals surface area (Å²) in [6.45, 7) is 8.98. The Balaban J connectivity index is 1.74. The minimum Gasteiger partial charge on any atom is -0.316 e. The maximum absolute atomic E-state index is 3.57. The van der Waals surface area contributed by atoms with Crippen molar-refractivity contribution in [2.24, 2.45) is 5.92 Å². The molecule has 110 valence electrons. The van der Waals surface area contributed by atoms with Gasteiger partial charge in [-0.1, -0.05) is 63.2 Å². The van der Waals surface area contributed by atoms with Crippen LogP contribution in [-0.2, 0) is 6.42 Å². The van der Waals surface area contributed by atoms with E-state index in [1.807, 2.05) is 0 Å². The predicted molar refractivity (Wildman–Crippen MR) is 90.8 cm³/mol. The average Bonchev–Trinajstić information content (AvgIpc) is 2.84. The lowest BCUT2D eigenvalue weighted by atomic mass is 9.96. The van der Waals surface area contributed by atoms with Crippen molar-refractivity contribution < 1.29 is 0 Å². The van der Waals surface area contributed by atoms with Crippen LogP contribution in [0.5, 0.6) is 0 Å². The van der Waals surface area contributed by atoms with E-state index >= 15 is 0 Å². The van der Waals surface area contributed by atoms with E-state index in [0.29, 0.717) is 11.8 Å². The van der Waals surface area contributed by atoms with E-state index < -0.39 is 0 Å². The lowest BCUT2D eigenvalue weighted by molar-refractivity contribution is 0.528. The monoisotopic (exact) mass is 279 g/mol. The van der Waals surface area contributed by atoms with Gasteiger partial charge in [0.05, 0.1) is 0 Å². The van der Waals surface area contributed by atoms with Crippen molar-refractivity contribution in [3.05, 3.63) is 59.2 Å². The molecule has 1 atom stereocenters. The van der Waals surface area contributed by atoms with E-state index in [0.717, 1.165) is 19.5 Å². The van der Waals surface area contributed by atoms with E-state index in [1.54, 1.807) is 0 Å². The number of hydrogen-bond donors (Lipinski definition) is 1. The fraction of sp³-hybridized carbons (Fsp3) is 0.400. The summed E-state index contributed by atoms with van der Waals surface area (Å²) in [6.07, 6.45) is 1.09. The molecular weight excluding hydrogens is 254 g/mol. The number of nitrogens with one attached hydrogen (secondary N) is 1. The summed E-state index contributed by atoms with van der Waals surface area (Å²) in [5, 5.41) is 3.57. The first-order valence-electron chi connectivity index (χ1n) is 8.07. The van der Waals surface area contributed by atoms with Crippen LogP contribution in [-0.4, -0.2) is 13.1 Å². The molecule has 0 fully saturated rings. The highest BCUT2D eigenvalue weighted by molar-refractivity contribution is 5.77. The summed E-state index contributed by atoms with van der Waals surface area (Å²) >= 11 is 0. The second-order valence-corrected chi connectivity index (χ2v) is 6.70. The molecule has 2 aromatic rings. The standard InChI is InChI=1S/C20H25N/c1-14(2)12-21-13-15(3)16-8-9-20-18(10-16)11-17-6-4-5-7-19(17)20/h4-10,14-15,21H,11-13H2,1-3H3. The van der Waals surface area contributed by atoms with Gasteiger partial charge in [-0.15, -0.1) is 0 Å². The molecule has 1 aliphatic rings. The smallest absolute Gasteiger partial charge is 0.00176 e. The molecule has 0 spiro atoms. The van der Waals surface area contributed by atoms with Gasteiger partial charge in [0.2, 0.25) is 0 Å². The van der Waals surface area contributed by atoms with Gasteiger partial charge in [-0.2, -0.15) is 0 Å². The second-order valence-electron chi connectivity index (χ2n) is 6.70. The third kappa shape index (κ3) is 3.03. The van der Waals surface area contributed by atoms with Crippen molar-refractivity contribution in [2.45, 2.75) is 33.1 Å². The first kappa shape index (κ1) is 14.3. The molecule has 2 aromatic carbocycles. The van der Waals surface area contributed by atoms with Gasteiger partial charge < -0.3 is 5.32 Å². The van der Waals surface area contributed by atoms with Crippen LogP contribution < -0.4 is 5.32 Å². The van der Waals surface area contributed by atoms with Gasteiger partial charge in [0.25, 0.3) is 0 Å².